The van der Waals surface area contributed by atoms with Crippen LogP contribution in [0.4, 0.5) is 0 Å². The minimum Gasteiger partial charge on any atom is -0.399 e. The Balaban J connectivity index is 3.39. The predicted octanol–water partition coefficient (Wildman–Crippen LogP) is 4.13. The van der Waals surface area contributed by atoms with E-state index >= 15 is 0 Å². The molecule has 0 fully saturated rings. The van der Waals surface area contributed by atoms with Gasteiger partial charge in [-0.15, -0.1) is 0 Å². The standard InChI is InChI=1S/C14H23NOSi2/c1-17(2,3)14(12-15,16-18(4,5)6)13-10-8-7-9-11-13/h7-11H,1-6H3. The summed E-state index contributed by atoms with van der Waals surface area (Å²) < 4.78 is 6.36. The van der Waals surface area contributed by atoms with Gasteiger partial charge in [0.2, 0.25) is 0 Å². The molecule has 0 amide bonds. The summed E-state index contributed by atoms with van der Waals surface area (Å²) in [5.74, 6) is 0. The Morgan fingerprint density at radius 3 is 1.83 bits per heavy atom. The van der Waals surface area contributed by atoms with Crippen molar-refractivity contribution in [3.05, 3.63) is 35.9 Å². The fraction of sp³-hybridized carbons (Fsp3) is 0.500. The van der Waals surface area contributed by atoms with Crippen LogP contribution in [-0.4, -0.2) is 16.4 Å². The highest BCUT2D eigenvalue weighted by molar-refractivity contribution is 6.81. The molecule has 0 spiro atoms. The Morgan fingerprint density at radius 2 is 1.50 bits per heavy atom. The zero-order valence-corrected chi connectivity index (χ0v) is 14.2. The lowest BCUT2D eigenvalue weighted by Crippen LogP contribution is -2.55. The molecule has 1 aromatic rings. The van der Waals surface area contributed by atoms with E-state index in [1.165, 1.54) is 0 Å². The van der Waals surface area contributed by atoms with Gasteiger partial charge >= 0.3 is 0 Å². The van der Waals surface area contributed by atoms with Crippen molar-refractivity contribution in [2.24, 2.45) is 0 Å². The molecule has 0 N–H and O–H groups in total. The highest BCUT2D eigenvalue weighted by atomic mass is 28.4. The first-order valence-electron chi connectivity index (χ1n) is 6.29. The van der Waals surface area contributed by atoms with Gasteiger partial charge in [-0.3, -0.25) is 0 Å². The summed E-state index contributed by atoms with van der Waals surface area (Å²) in [5.41, 5.74) is 1.01. The lowest BCUT2D eigenvalue weighted by molar-refractivity contribution is 0.196. The molecule has 0 saturated heterocycles. The number of hydrogen-bond acceptors (Lipinski definition) is 2. The molecule has 0 aliphatic heterocycles. The van der Waals surface area contributed by atoms with Gasteiger partial charge in [0.05, 0.1) is 6.07 Å². The molecule has 1 atom stereocenters. The van der Waals surface area contributed by atoms with Crippen molar-refractivity contribution in [2.45, 2.75) is 44.5 Å². The molecular weight excluding hydrogens is 254 g/mol. The molecular formula is C14H23NOSi2. The molecule has 0 saturated carbocycles. The summed E-state index contributed by atoms with van der Waals surface area (Å²) in [6.45, 7) is 13.0. The molecule has 0 aliphatic carbocycles. The Hall–Kier alpha value is -0.896. The second-order valence-electron chi connectivity index (χ2n) is 6.62. The summed E-state index contributed by atoms with van der Waals surface area (Å²) in [5, 5.41) is 9.07. The van der Waals surface area contributed by atoms with Crippen LogP contribution in [0.3, 0.4) is 0 Å². The van der Waals surface area contributed by atoms with Crippen molar-refractivity contribution in [2.75, 3.05) is 0 Å². The van der Waals surface area contributed by atoms with Gasteiger partial charge in [0.15, 0.2) is 13.5 Å². The van der Waals surface area contributed by atoms with E-state index in [-0.39, 0.29) is 0 Å². The highest BCUT2D eigenvalue weighted by Crippen LogP contribution is 2.37. The molecule has 4 heteroatoms. The lowest BCUT2D eigenvalue weighted by Gasteiger charge is -2.42. The average molecular weight is 278 g/mol. The third-order valence-corrected chi connectivity index (χ3v) is 6.59. The van der Waals surface area contributed by atoms with E-state index in [4.69, 9.17) is 4.43 Å². The number of nitriles is 1. The fourth-order valence-corrected chi connectivity index (χ4v) is 6.63. The van der Waals surface area contributed by atoms with Gasteiger partial charge in [-0.2, -0.15) is 5.26 Å². The Morgan fingerprint density at radius 1 is 1.00 bits per heavy atom. The van der Waals surface area contributed by atoms with Crippen molar-refractivity contribution >= 4 is 16.4 Å². The first-order valence-corrected chi connectivity index (χ1v) is 13.2. The molecule has 1 rings (SSSR count). The van der Waals surface area contributed by atoms with E-state index in [0.717, 1.165) is 5.56 Å². The van der Waals surface area contributed by atoms with E-state index in [0.29, 0.717) is 0 Å². The van der Waals surface area contributed by atoms with Gasteiger partial charge < -0.3 is 4.43 Å². The third-order valence-electron chi connectivity index (χ3n) is 2.85. The van der Waals surface area contributed by atoms with Crippen LogP contribution >= 0.6 is 0 Å². The molecule has 0 bridgehead atoms. The topological polar surface area (TPSA) is 33.0 Å². The van der Waals surface area contributed by atoms with E-state index in [2.05, 4.69) is 45.4 Å². The average Bonchev–Trinajstić information content (AvgIpc) is 2.24. The van der Waals surface area contributed by atoms with Gasteiger partial charge in [0.1, 0.15) is 8.07 Å². The van der Waals surface area contributed by atoms with Crippen molar-refractivity contribution in [3.63, 3.8) is 0 Å². The van der Waals surface area contributed by atoms with Crippen molar-refractivity contribution in [1.82, 2.24) is 0 Å². The number of rotatable bonds is 4. The van der Waals surface area contributed by atoms with E-state index < -0.39 is 21.6 Å². The van der Waals surface area contributed by atoms with E-state index in [1.54, 1.807) is 0 Å². The molecule has 0 aliphatic rings. The second-order valence-corrected chi connectivity index (χ2v) is 16.3. The minimum atomic E-state index is -1.84. The van der Waals surface area contributed by atoms with Gasteiger partial charge in [-0.1, -0.05) is 50.0 Å². The first-order chi connectivity index (χ1) is 8.12. The summed E-state index contributed by atoms with van der Waals surface area (Å²) in [6.07, 6.45) is 0. The molecule has 1 aromatic carbocycles. The zero-order valence-electron chi connectivity index (χ0n) is 12.2. The van der Waals surface area contributed by atoms with Crippen LogP contribution in [-0.2, 0) is 9.65 Å². The molecule has 98 valence electrons. The largest absolute Gasteiger partial charge is 0.399 e. The Bertz CT molecular complexity index is 440. The number of hydrogen-bond donors (Lipinski definition) is 0. The van der Waals surface area contributed by atoms with Crippen molar-refractivity contribution in [1.29, 1.82) is 5.26 Å². The lowest BCUT2D eigenvalue weighted by atomic mass is 10.1. The van der Waals surface area contributed by atoms with Gasteiger partial charge in [0, 0.05) is 0 Å². The van der Waals surface area contributed by atoms with Crippen LogP contribution in [0.5, 0.6) is 0 Å². The Labute approximate surface area is 113 Å². The minimum absolute atomic E-state index is 0.737. The molecule has 0 heterocycles. The van der Waals surface area contributed by atoms with Crippen molar-refractivity contribution < 1.29 is 4.43 Å². The summed E-state index contributed by atoms with van der Waals surface area (Å²) in [6, 6.07) is 12.5. The molecule has 1 unspecified atom stereocenters. The van der Waals surface area contributed by atoms with Crippen molar-refractivity contribution in [3.8, 4) is 6.07 Å². The van der Waals surface area contributed by atoms with Crippen LogP contribution < -0.4 is 0 Å². The first kappa shape index (κ1) is 15.2. The Kier molecular flexibility index (Phi) is 4.21. The van der Waals surface area contributed by atoms with Crippen LogP contribution in [0.2, 0.25) is 39.3 Å². The molecule has 2 nitrogen and oxygen atoms in total. The SMILES string of the molecule is C[Si](C)(C)OC(C#N)(c1ccccc1)[Si](C)(C)C. The quantitative estimate of drug-likeness (QED) is 0.775. The smallest absolute Gasteiger partial charge is 0.185 e. The second kappa shape index (κ2) is 5.00. The monoisotopic (exact) mass is 277 g/mol. The highest BCUT2D eigenvalue weighted by Gasteiger charge is 2.48. The van der Waals surface area contributed by atoms with Crippen LogP contribution in [0.15, 0.2) is 30.3 Å². The van der Waals surface area contributed by atoms with Crippen LogP contribution in [0.25, 0.3) is 0 Å². The molecule has 0 radical (unpaired) electrons. The van der Waals surface area contributed by atoms with Gasteiger partial charge in [-0.05, 0) is 25.2 Å². The summed E-state index contributed by atoms with van der Waals surface area (Å²) in [4.78, 5) is 0. The maximum Gasteiger partial charge on any atom is 0.185 e. The van der Waals surface area contributed by atoms with E-state index in [1.807, 2.05) is 30.3 Å². The predicted molar refractivity (Wildman–Crippen MR) is 81.5 cm³/mol. The number of nitrogens with zero attached hydrogens (tertiary/aromatic N) is 1. The normalized spacial score (nSPS) is 15.8. The third kappa shape index (κ3) is 3.11. The fourth-order valence-electron chi connectivity index (χ4n) is 2.03. The summed E-state index contributed by atoms with van der Waals surface area (Å²) >= 11 is 0. The molecule has 0 aromatic heterocycles. The zero-order chi connectivity index (χ0) is 14.0. The van der Waals surface area contributed by atoms with Gasteiger partial charge in [-0.25, -0.2) is 0 Å². The van der Waals surface area contributed by atoms with Gasteiger partial charge in [0.25, 0.3) is 0 Å². The van der Waals surface area contributed by atoms with E-state index in [9.17, 15) is 5.26 Å². The maximum atomic E-state index is 9.81. The van der Waals surface area contributed by atoms with Crippen LogP contribution in [0.1, 0.15) is 5.56 Å². The summed E-state index contributed by atoms with van der Waals surface area (Å²) in [7, 11) is -3.63. The number of benzene rings is 1. The molecule has 18 heavy (non-hydrogen) atoms. The maximum absolute atomic E-state index is 9.81. The van der Waals surface area contributed by atoms with Crippen LogP contribution in [0, 0.1) is 11.3 Å².